The van der Waals surface area contributed by atoms with Crippen LogP contribution in [0.1, 0.15) is 11.1 Å². The van der Waals surface area contributed by atoms with E-state index in [2.05, 4.69) is 0 Å². The third-order valence-corrected chi connectivity index (χ3v) is 3.84. The first-order chi connectivity index (χ1) is 9.97. The van der Waals surface area contributed by atoms with Gasteiger partial charge in [-0.1, -0.05) is 47.5 Å². The predicted molar refractivity (Wildman–Crippen MR) is 83.4 cm³/mol. The molecule has 0 fully saturated rings. The van der Waals surface area contributed by atoms with Crippen LogP contribution < -0.4 is 4.74 Å². The highest BCUT2D eigenvalue weighted by molar-refractivity contribution is 6.42. The molecule has 0 aliphatic rings. The summed E-state index contributed by atoms with van der Waals surface area (Å²) in [6, 6.07) is 12.4. The molecule has 0 amide bonds. The molecule has 2 aromatic carbocycles. The lowest BCUT2D eigenvalue weighted by atomic mass is 10.1. The SMILES string of the molecule is Cc1cccc(O[C@H](Cc2cccc(Cl)c2Cl)C(=O)O)c1. The van der Waals surface area contributed by atoms with Gasteiger partial charge in [0.1, 0.15) is 5.75 Å². The van der Waals surface area contributed by atoms with Gasteiger partial charge in [-0.15, -0.1) is 0 Å². The second kappa shape index (κ2) is 6.83. The van der Waals surface area contributed by atoms with Crippen LogP contribution >= 0.6 is 23.2 Å². The van der Waals surface area contributed by atoms with E-state index in [1.54, 1.807) is 30.3 Å². The normalized spacial score (nSPS) is 12.0. The lowest BCUT2D eigenvalue weighted by molar-refractivity contribution is -0.145. The van der Waals surface area contributed by atoms with Crippen molar-refractivity contribution in [1.82, 2.24) is 0 Å². The number of hydrogen-bond donors (Lipinski definition) is 1. The summed E-state index contributed by atoms with van der Waals surface area (Å²) < 4.78 is 5.55. The highest BCUT2D eigenvalue weighted by Gasteiger charge is 2.22. The molecule has 0 aromatic heterocycles. The Hall–Kier alpha value is -1.71. The van der Waals surface area contributed by atoms with Crippen molar-refractivity contribution in [1.29, 1.82) is 0 Å². The Labute approximate surface area is 133 Å². The first kappa shape index (κ1) is 15.7. The van der Waals surface area contributed by atoms with E-state index in [-0.39, 0.29) is 6.42 Å². The number of benzene rings is 2. The smallest absolute Gasteiger partial charge is 0.345 e. The number of carboxylic acid groups (broad SMARTS) is 1. The van der Waals surface area contributed by atoms with E-state index in [1.165, 1.54) is 0 Å². The molecule has 0 spiro atoms. The number of rotatable bonds is 5. The van der Waals surface area contributed by atoms with Crippen molar-refractivity contribution in [2.24, 2.45) is 0 Å². The van der Waals surface area contributed by atoms with Crippen LogP contribution in [0, 0.1) is 6.92 Å². The molecule has 5 heteroatoms. The Morgan fingerprint density at radius 1 is 1.24 bits per heavy atom. The monoisotopic (exact) mass is 324 g/mol. The van der Waals surface area contributed by atoms with E-state index < -0.39 is 12.1 Å². The van der Waals surface area contributed by atoms with Crippen molar-refractivity contribution in [2.45, 2.75) is 19.4 Å². The summed E-state index contributed by atoms with van der Waals surface area (Å²) in [5.41, 5.74) is 1.64. The molecular formula is C16H14Cl2O3. The molecule has 0 aliphatic carbocycles. The quantitative estimate of drug-likeness (QED) is 0.887. The van der Waals surface area contributed by atoms with Crippen molar-refractivity contribution in [3.05, 3.63) is 63.6 Å². The first-order valence-corrected chi connectivity index (χ1v) is 7.12. The number of aliphatic carboxylic acids is 1. The third kappa shape index (κ3) is 4.13. The Morgan fingerprint density at radius 2 is 1.95 bits per heavy atom. The average molecular weight is 325 g/mol. The summed E-state index contributed by atoms with van der Waals surface area (Å²) in [6.45, 7) is 1.91. The molecule has 0 unspecified atom stereocenters. The number of carboxylic acids is 1. The molecule has 1 atom stereocenters. The summed E-state index contributed by atoms with van der Waals surface area (Å²) in [5.74, 6) is -0.534. The number of aryl methyl sites for hydroxylation is 1. The topological polar surface area (TPSA) is 46.5 Å². The first-order valence-electron chi connectivity index (χ1n) is 6.36. The van der Waals surface area contributed by atoms with E-state index in [4.69, 9.17) is 27.9 Å². The van der Waals surface area contributed by atoms with Gasteiger partial charge in [-0.2, -0.15) is 0 Å². The van der Waals surface area contributed by atoms with Gasteiger partial charge in [-0.05, 0) is 36.2 Å². The summed E-state index contributed by atoms with van der Waals surface area (Å²) in [6.07, 6.45) is -0.884. The zero-order chi connectivity index (χ0) is 15.4. The molecule has 0 heterocycles. The van der Waals surface area contributed by atoms with Gasteiger partial charge in [0, 0.05) is 6.42 Å². The molecule has 0 saturated heterocycles. The molecular weight excluding hydrogens is 311 g/mol. The second-order valence-electron chi connectivity index (χ2n) is 4.68. The maximum Gasteiger partial charge on any atom is 0.345 e. The molecule has 0 radical (unpaired) electrons. The van der Waals surface area contributed by atoms with Crippen LogP contribution in [-0.4, -0.2) is 17.2 Å². The van der Waals surface area contributed by atoms with Crippen LogP contribution in [0.25, 0.3) is 0 Å². The molecule has 0 bridgehead atoms. The Morgan fingerprint density at radius 3 is 2.62 bits per heavy atom. The average Bonchev–Trinajstić information content (AvgIpc) is 2.43. The van der Waals surface area contributed by atoms with Crippen molar-refractivity contribution < 1.29 is 14.6 Å². The zero-order valence-electron chi connectivity index (χ0n) is 11.3. The maximum atomic E-state index is 11.4. The van der Waals surface area contributed by atoms with Gasteiger partial charge in [0.25, 0.3) is 0 Å². The number of carbonyl (C=O) groups is 1. The fraction of sp³-hybridized carbons (Fsp3) is 0.188. The van der Waals surface area contributed by atoms with Crippen LogP contribution in [0.4, 0.5) is 0 Å². The van der Waals surface area contributed by atoms with Crippen molar-refractivity contribution in [3.8, 4) is 5.75 Å². The molecule has 110 valence electrons. The van der Waals surface area contributed by atoms with Crippen molar-refractivity contribution in [2.75, 3.05) is 0 Å². The highest BCUT2D eigenvalue weighted by Crippen LogP contribution is 2.27. The summed E-state index contributed by atoms with van der Waals surface area (Å²) in [7, 11) is 0. The Bertz CT molecular complexity index is 656. The van der Waals surface area contributed by atoms with E-state index in [0.29, 0.717) is 21.4 Å². The number of halogens is 2. The largest absolute Gasteiger partial charge is 0.478 e. The van der Waals surface area contributed by atoms with E-state index in [9.17, 15) is 9.90 Å². The molecule has 1 N–H and O–H groups in total. The Kier molecular flexibility index (Phi) is 5.10. The van der Waals surface area contributed by atoms with Gasteiger partial charge in [-0.25, -0.2) is 4.79 Å². The van der Waals surface area contributed by atoms with E-state index >= 15 is 0 Å². The summed E-state index contributed by atoms with van der Waals surface area (Å²) >= 11 is 12.0. The van der Waals surface area contributed by atoms with Crippen LogP contribution in [0.2, 0.25) is 10.0 Å². The number of ether oxygens (including phenoxy) is 1. The van der Waals surface area contributed by atoms with Crippen LogP contribution in [0.15, 0.2) is 42.5 Å². The van der Waals surface area contributed by atoms with Crippen LogP contribution in [-0.2, 0) is 11.2 Å². The van der Waals surface area contributed by atoms with Crippen LogP contribution in [0.3, 0.4) is 0 Å². The fourth-order valence-corrected chi connectivity index (χ4v) is 2.34. The highest BCUT2D eigenvalue weighted by atomic mass is 35.5. The van der Waals surface area contributed by atoms with Gasteiger partial charge in [0.2, 0.25) is 0 Å². The van der Waals surface area contributed by atoms with E-state index in [0.717, 1.165) is 5.56 Å². The van der Waals surface area contributed by atoms with E-state index in [1.807, 2.05) is 19.1 Å². The van der Waals surface area contributed by atoms with Gasteiger partial charge in [0.05, 0.1) is 10.0 Å². The standard InChI is InChI=1S/C16H14Cl2O3/c1-10-4-2-6-12(8-10)21-14(16(19)20)9-11-5-3-7-13(17)15(11)18/h2-8,14H,9H2,1H3,(H,19,20)/t14-/m1/s1. The molecule has 21 heavy (non-hydrogen) atoms. The van der Waals surface area contributed by atoms with Gasteiger partial charge in [-0.3, -0.25) is 0 Å². The van der Waals surface area contributed by atoms with Crippen LogP contribution in [0.5, 0.6) is 5.75 Å². The third-order valence-electron chi connectivity index (χ3n) is 2.98. The minimum absolute atomic E-state index is 0.142. The fourth-order valence-electron chi connectivity index (χ4n) is 1.94. The second-order valence-corrected chi connectivity index (χ2v) is 5.46. The number of hydrogen-bond acceptors (Lipinski definition) is 2. The minimum atomic E-state index is -1.05. The molecule has 0 saturated carbocycles. The lowest BCUT2D eigenvalue weighted by Gasteiger charge is -2.16. The predicted octanol–water partition coefficient (Wildman–Crippen LogP) is 4.38. The van der Waals surface area contributed by atoms with Gasteiger partial charge < -0.3 is 9.84 Å². The molecule has 3 nitrogen and oxygen atoms in total. The van der Waals surface area contributed by atoms with Gasteiger partial charge in [0.15, 0.2) is 6.10 Å². The van der Waals surface area contributed by atoms with Crippen molar-refractivity contribution >= 4 is 29.2 Å². The summed E-state index contributed by atoms with van der Waals surface area (Å²) in [4.78, 5) is 11.4. The molecule has 0 aliphatic heterocycles. The minimum Gasteiger partial charge on any atom is -0.478 e. The Balaban J connectivity index is 2.20. The summed E-state index contributed by atoms with van der Waals surface area (Å²) in [5, 5.41) is 10.1. The molecule has 2 aromatic rings. The van der Waals surface area contributed by atoms with Gasteiger partial charge >= 0.3 is 5.97 Å². The zero-order valence-corrected chi connectivity index (χ0v) is 12.9. The maximum absolute atomic E-state index is 11.4. The lowest BCUT2D eigenvalue weighted by Crippen LogP contribution is -2.29. The molecule has 2 rings (SSSR count). The van der Waals surface area contributed by atoms with Crippen molar-refractivity contribution in [3.63, 3.8) is 0 Å².